The van der Waals surface area contributed by atoms with Gasteiger partial charge in [0.25, 0.3) is 17.0 Å². The van der Waals surface area contributed by atoms with E-state index in [9.17, 15) is 9.59 Å². The SMILES string of the molecule is COc1ccc(C(=O)N2CCN(c3ccc(NC(=O)CSc4nnc(-c5ccccc5OC)o4)cc3)CC2)cc1. The average molecular weight is 560 g/mol. The highest BCUT2D eigenvalue weighted by atomic mass is 32.2. The van der Waals surface area contributed by atoms with Crippen molar-refractivity contribution >= 4 is 35.0 Å². The van der Waals surface area contributed by atoms with E-state index in [1.54, 1.807) is 38.5 Å². The van der Waals surface area contributed by atoms with Crippen LogP contribution in [-0.2, 0) is 4.79 Å². The summed E-state index contributed by atoms with van der Waals surface area (Å²) >= 11 is 1.17. The van der Waals surface area contributed by atoms with Gasteiger partial charge in [0.2, 0.25) is 5.91 Å². The molecule has 0 atom stereocenters. The van der Waals surface area contributed by atoms with Crippen LogP contribution in [0.3, 0.4) is 0 Å². The van der Waals surface area contributed by atoms with Crippen molar-refractivity contribution in [2.75, 3.05) is 56.4 Å². The highest BCUT2D eigenvalue weighted by Crippen LogP contribution is 2.30. The highest BCUT2D eigenvalue weighted by molar-refractivity contribution is 7.99. The zero-order valence-electron chi connectivity index (χ0n) is 22.2. The fraction of sp³-hybridized carbons (Fsp3) is 0.241. The molecule has 206 valence electrons. The fourth-order valence-electron chi connectivity index (χ4n) is 4.36. The van der Waals surface area contributed by atoms with Crippen LogP contribution in [0.15, 0.2) is 82.4 Å². The number of carbonyl (C=O) groups excluding carboxylic acids is 2. The van der Waals surface area contributed by atoms with Crippen molar-refractivity contribution < 1.29 is 23.5 Å². The van der Waals surface area contributed by atoms with E-state index in [4.69, 9.17) is 13.9 Å². The van der Waals surface area contributed by atoms with Crippen LogP contribution in [0.5, 0.6) is 11.5 Å². The van der Waals surface area contributed by atoms with Gasteiger partial charge in [0.05, 0.1) is 25.5 Å². The van der Waals surface area contributed by atoms with Gasteiger partial charge in [0.1, 0.15) is 11.5 Å². The predicted molar refractivity (Wildman–Crippen MR) is 153 cm³/mol. The normalized spacial score (nSPS) is 13.2. The van der Waals surface area contributed by atoms with Gasteiger partial charge in [-0.2, -0.15) is 0 Å². The van der Waals surface area contributed by atoms with Gasteiger partial charge in [-0.15, -0.1) is 10.2 Å². The maximum absolute atomic E-state index is 12.8. The molecule has 0 aliphatic carbocycles. The molecule has 4 aromatic rings. The minimum atomic E-state index is -0.180. The molecule has 2 heterocycles. The highest BCUT2D eigenvalue weighted by Gasteiger charge is 2.22. The molecule has 0 radical (unpaired) electrons. The first-order valence-corrected chi connectivity index (χ1v) is 13.7. The van der Waals surface area contributed by atoms with Crippen molar-refractivity contribution in [2.24, 2.45) is 0 Å². The number of para-hydroxylation sites is 1. The number of benzene rings is 3. The number of methoxy groups -OCH3 is 2. The number of anilines is 2. The summed E-state index contributed by atoms with van der Waals surface area (Å²) in [5, 5.41) is 11.3. The third-order valence-electron chi connectivity index (χ3n) is 6.49. The van der Waals surface area contributed by atoms with Crippen molar-refractivity contribution in [1.82, 2.24) is 15.1 Å². The van der Waals surface area contributed by atoms with Crippen LogP contribution in [0.2, 0.25) is 0 Å². The summed E-state index contributed by atoms with van der Waals surface area (Å²) in [6.45, 7) is 2.72. The first-order chi connectivity index (χ1) is 19.5. The molecule has 0 bridgehead atoms. The molecular formula is C29H29N5O5S. The summed E-state index contributed by atoms with van der Waals surface area (Å²) in [5.41, 5.74) is 3.09. The Hall–Kier alpha value is -4.51. The Morgan fingerprint density at radius 1 is 0.900 bits per heavy atom. The third-order valence-corrected chi connectivity index (χ3v) is 7.31. The van der Waals surface area contributed by atoms with Crippen LogP contribution in [0.25, 0.3) is 11.5 Å². The largest absolute Gasteiger partial charge is 0.497 e. The van der Waals surface area contributed by atoms with Crippen molar-refractivity contribution in [2.45, 2.75) is 5.22 Å². The number of piperazine rings is 1. The monoisotopic (exact) mass is 559 g/mol. The second-order valence-electron chi connectivity index (χ2n) is 8.96. The van der Waals surface area contributed by atoms with Crippen molar-refractivity contribution in [3.8, 4) is 23.0 Å². The lowest BCUT2D eigenvalue weighted by atomic mass is 10.1. The fourth-order valence-corrected chi connectivity index (χ4v) is 4.93. The number of aromatic nitrogens is 2. The van der Waals surface area contributed by atoms with E-state index in [1.165, 1.54) is 11.8 Å². The van der Waals surface area contributed by atoms with Gasteiger partial charge in [-0.25, -0.2) is 0 Å². The minimum absolute atomic E-state index is 0.0229. The number of ether oxygens (including phenoxy) is 2. The first kappa shape index (κ1) is 27.1. The Balaban J connectivity index is 1.09. The minimum Gasteiger partial charge on any atom is -0.497 e. The molecule has 2 amide bonds. The van der Waals surface area contributed by atoms with Gasteiger partial charge >= 0.3 is 0 Å². The standard InChI is InChI=1S/C29H29N5O5S/c1-37-23-13-7-20(8-14-23)28(36)34-17-15-33(16-18-34)22-11-9-21(10-12-22)30-26(35)19-40-29-32-31-27(39-29)24-5-3-4-6-25(24)38-2/h3-14H,15-19H2,1-2H3,(H,30,35). The van der Waals surface area contributed by atoms with Crippen LogP contribution in [-0.4, -0.2) is 73.1 Å². The zero-order valence-corrected chi connectivity index (χ0v) is 23.0. The second-order valence-corrected chi connectivity index (χ2v) is 9.89. The van der Waals surface area contributed by atoms with E-state index < -0.39 is 0 Å². The number of amides is 2. The molecule has 1 aliphatic rings. The maximum atomic E-state index is 12.8. The molecule has 1 aromatic heterocycles. The van der Waals surface area contributed by atoms with E-state index in [0.717, 1.165) is 24.5 Å². The van der Waals surface area contributed by atoms with Gasteiger partial charge in [-0.1, -0.05) is 23.9 Å². The number of carbonyl (C=O) groups is 2. The number of nitrogens with zero attached hydrogens (tertiary/aromatic N) is 4. The van der Waals surface area contributed by atoms with Gasteiger partial charge in [0, 0.05) is 43.1 Å². The molecule has 1 saturated heterocycles. The van der Waals surface area contributed by atoms with E-state index in [-0.39, 0.29) is 17.6 Å². The molecule has 1 aliphatic heterocycles. The van der Waals surface area contributed by atoms with Crippen molar-refractivity contribution in [1.29, 1.82) is 0 Å². The lowest BCUT2D eigenvalue weighted by Gasteiger charge is -2.36. The number of rotatable bonds is 9. The topological polar surface area (TPSA) is 110 Å². The Bertz CT molecular complexity index is 1450. The molecule has 0 spiro atoms. The van der Waals surface area contributed by atoms with Crippen LogP contribution in [0.1, 0.15) is 10.4 Å². The van der Waals surface area contributed by atoms with E-state index >= 15 is 0 Å². The predicted octanol–water partition coefficient (Wildman–Crippen LogP) is 4.45. The summed E-state index contributed by atoms with van der Waals surface area (Å²) in [7, 11) is 3.18. The quantitative estimate of drug-likeness (QED) is 0.298. The molecule has 0 unspecified atom stereocenters. The second kappa shape index (κ2) is 12.6. The number of hydrogen-bond acceptors (Lipinski definition) is 9. The zero-order chi connectivity index (χ0) is 27.9. The molecule has 40 heavy (non-hydrogen) atoms. The summed E-state index contributed by atoms with van der Waals surface area (Å²) in [6.07, 6.45) is 0. The molecule has 11 heteroatoms. The van der Waals surface area contributed by atoms with E-state index in [1.807, 2.05) is 53.4 Å². The number of hydrogen-bond donors (Lipinski definition) is 1. The number of thioether (sulfide) groups is 1. The Morgan fingerprint density at radius 3 is 2.33 bits per heavy atom. The lowest BCUT2D eigenvalue weighted by molar-refractivity contribution is -0.113. The first-order valence-electron chi connectivity index (χ1n) is 12.7. The van der Waals surface area contributed by atoms with Gasteiger partial charge in [-0.05, 0) is 60.7 Å². The van der Waals surface area contributed by atoms with Gasteiger partial charge < -0.3 is 29.0 Å². The van der Waals surface area contributed by atoms with E-state index in [0.29, 0.717) is 46.8 Å². The van der Waals surface area contributed by atoms with Gasteiger partial charge in [0.15, 0.2) is 0 Å². The van der Waals surface area contributed by atoms with Crippen LogP contribution >= 0.6 is 11.8 Å². The van der Waals surface area contributed by atoms with Crippen LogP contribution in [0.4, 0.5) is 11.4 Å². The lowest BCUT2D eigenvalue weighted by Crippen LogP contribution is -2.48. The molecule has 1 N–H and O–H groups in total. The Kier molecular flexibility index (Phi) is 8.50. The van der Waals surface area contributed by atoms with Crippen molar-refractivity contribution in [3.63, 3.8) is 0 Å². The molecule has 5 rings (SSSR count). The summed E-state index contributed by atoms with van der Waals surface area (Å²) in [4.78, 5) is 29.4. The van der Waals surface area contributed by atoms with Gasteiger partial charge in [-0.3, -0.25) is 9.59 Å². The smallest absolute Gasteiger partial charge is 0.277 e. The summed E-state index contributed by atoms with van der Waals surface area (Å²) in [5.74, 6) is 1.66. The number of nitrogens with one attached hydrogen (secondary N) is 1. The third kappa shape index (κ3) is 6.37. The van der Waals surface area contributed by atoms with Crippen LogP contribution in [0, 0.1) is 0 Å². The molecule has 1 fully saturated rings. The summed E-state index contributed by atoms with van der Waals surface area (Å²) in [6, 6.07) is 22.2. The summed E-state index contributed by atoms with van der Waals surface area (Å²) < 4.78 is 16.2. The molecular weight excluding hydrogens is 530 g/mol. The van der Waals surface area contributed by atoms with Crippen molar-refractivity contribution in [3.05, 3.63) is 78.4 Å². The maximum Gasteiger partial charge on any atom is 0.277 e. The Labute approximate surface area is 236 Å². The average Bonchev–Trinajstić information content (AvgIpc) is 3.49. The van der Waals surface area contributed by atoms with Crippen LogP contribution < -0.4 is 19.7 Å². The Morgan fingerprint density at radius 2 is 1.62 bits per heavy atom. The molecule has 3 aromatic carbocycles. The molecule has 0 saturated carbocycles. The van der Waals surface area contributed by atoms with E-state index in [2.05, 4.69) is 20.4 Å². The molecule has 10 nitrogen and oxygen atoms in total.